The van der Waals surface area contributed by atoms with Gasteiger partial charge in [0.25, 0.3) is 5.91 Å². The number of hydrogen-bond donors (Lipinski definition) is 1. The second-order valence-corrected chi connectivity index (χ2v) is 6.46. The van der Waals surface area contributed by atoms with Gasteiger partial charge < -0.3 is 24.4 Å². The van der Waals surface area contributed by atoms with Gasteiger partial charge in [0, 0.05) is 19.1 Å². The third kappa shape index (κ3) is 7.00. The third-order valence-corrected chi connectivity index (χ3v) is 4.40. The average molecular weight is 378 g/mol. The van der Waals surface area contributed by atoms with E-state index in [0.29, 0.717) is 50.6 Å². The molecule has 0 aromatic heterocycles. The predicted octanol–water partition coefficient (Wildman–Crippen LogP) is 2.98. The maximum atomic E-state index is 12.4. The van der Waals surface area contributed by atoms with Crippen LogP contribution in [-0.4, -0.2) is 55.9 Å². The maximum Gasteiger partial charge on any atom is 0.407 e. The molecule has 2 rings (SSSR count). The van der Waals surface area contributed by atoms with Gasteiger partial charge in [-0.2, -0.15) is 0 Å². The van der Waals surface area contributed by atoms with E-state index in [4.69, 9.17) is 14.2 Å². The molecule has 27 heavy (non-hydrogen) atoms. The number of nitrogens with zero attached hydrogens (tertiary/aromatic N) is 1. The maximum absolute atomic E-state index is 12.4. The van der Waals surface area contributed by atoms with Crippen molar-refractivity contribution in [1.82, 2.24) is 10.2 Å². The van der Waals surface area contributed by atoms with Crippen LogP contribution in [0, 0.1) is 0 Å². The van der Waals surface area contributed by atoms with Gasteiger partial charge in [-0.15, -0.1) is 0 Å². The summed E-state index contributed by atoms with van der Waals surface area (Å²) in [5, 5.41) is 2.87. The Morgan fingerprint density at radius 2 is 1.78 bits per heavy atom. The zero-order valence-corrected chi connectivity index (χ0v) is 16.2. The van der Waals surface area contributed by atoms with E-state index in [-0.39, 0.29) is 24.6 Å². The number of para-hydroxylation sites is 2. The predicted molar refractivity (Wildman–Crippen MR) is 102 cm³/mol. The van der Waals surface area contributed by atoms with Crippen LogP contribution in [0.15, 0.2) is 24.3 Å². The van der Waals surface area contributed by atoms with Gasteiger partial charge in [0.1, 0.15) is 0 Å². The lowest BCUT2D eigenvalue weighted by atomic mass is 10.1. The first-order valence-electron chi connectivity index (χ1n) is 9.69. The second-order valence-electron chi connectivity index (χ2n) is 6.46. The van der Waals surface area contributed by atoms with Crippen LogP contribution in [0.4, 0.5) is 4.79 Å². The van der Waals surface area contributed by atoms with Crippen LogP contribution in [0.3, 0.4) is 0 Å². The van der Waals surface area contributed by atoms with Crippen LogP contribution in [0.25, 0.3) is 0 Å². The molecule has 0 bridgehead atoms. The Morgan fingerprint density at radius 1 is 1.11 bits per heavy atom. The number of carbonyl (C=O) groups is 2. The number of amides is 2. The van der Waals surface area contributed by atoms with Crippen molar-refractivity contribution >= 4 is 12.0 Å². The molecule has 7 heteroatoms. The van der Waals surface area contributed by atoms with Crippen molar-refractivity contribution < 1.29 is 23.8 Å². The molecule has 0 saturated carbocycles. The number of ether oxygens (including phenoxy) is 3. The molecule has 150 valence electrons. The number of carbonyl (C=O) groups excluding carboxylic acids is 2. The van der Waals surface area contributed by atoms with Gasteiger partial charge in [-0.1, -0.05) is 25.5 Å². The Balaban J connectivity index is 1.71. The van der Waals surface area contributed by atoms with E-state index in [0.717, 1.165) is 12.8 Å². The smallest absolute Gasteiger partial charge is 0.407 e. The summed E-state index contributed by atoms with van der Waals surface area (Å²) in [7, 11) is 0. The lowest BCUT2D eigenvalue weighted by molar-refractivity contribution is -0.134. The van der Waals surface area contributed by atoms with Crippen molar-refractivity contribution in [3.63, 3.8) is 0 Å². The second kappa shape index (κ2) is 11.3. The summed E-state index contributed by atoms with van der Waals surface area (Å²) in [5.41, 5.74) is 0. The normalized spacial score (nSPS) is 14.5. The molecule has 1 fully saturated rings. The molecule has 2 amide bonds. The number of nitrogens with one attached hydrogen (secondary N) is 1. The molecule has 0 atom stereocenters. The molecule has 1 aromatic carbocycles. The number of piperidine rings is 1. The Kier molecular flexibility index (Phi) is 8.74. The quantitative estimate of drug-likeness (QED) is 0.669. The summed E-state index contributed by atoms with van der Waals surface area (Å²) in [6.07, 6.45) is 2.91. The van der Waals surface area contributed by atoms with Gasteiger partial charge in [-0.05, 0) is 38.3 Å². The van der Waals surface area contributed by atoms with Crippen molar-refractivity contribution in [2.24, 2.45) is 0 Å². The summed E-state index contributed by atoms with van der Waals surface area (Å²) in [4.78, 5) is 25.9. The van der Waals surface area contributed by atoms with Crippen molar-refractivity contribution in [2.75, 3.05) is 32.9 Å². The highest BCUT2D eigenvalue weighted by Crippen LogP contribution is 2.26. The van der Waals surface area contributed by atoms with Gasteiger partial charge in [0.2, 0.25) is 0 Å². The molecule has 1 aliphatic rings. The lowest BCUT2D eigenvalue weighted by Crippen LogP contribution is -2.47. The van der Waals surface area contributed by atoms with E-state index < -0.39 is 0 Å². The molecule has 1 N–H and O–H groups in total. The molecule has 0 radical (unpaired) electrons. The van der Waals surface area contributed by atoms with E-state index in [1.165, 1.54) is 0 Å². The minimum Gasteiger partial charge on any atom is -0.490 e. The lowest BCUT2D eigenvalue weighted by Gasteiger charge is -2.32. The van der Waals surface area contributed by atoms with E-state index in [2.05, 4.69) is 5.32 Å². The first-order chi connectivity index (χ1) is 13.1. The van der Waals surface area contributed by atoms with Crippen LogP contribution in [0.2, 0.25) is 0 Å². The number of likely N-dealkylation sites (tertiary alicyclic amines) is 1. The Bertz CT molecular complexity index is 600. The minimum absolute atomic E-state index is 0.0265. The van der Waals surface area contributed by atoms with E-state index >= 15 is 0 Å². The van der Waals surface area contributed by atoms with Crippen LogP contribution in [0.5, 0.6) is 11.5 Å². The van der Waals surface area contributed by atoms with Crippen LogP contribution in [-0.2, 0) is 9.53 Å². The highest BCUT2D eigenvalue weighted by molar-refractivity contribution is 5.78. The van der Waals surface area contributed by atoms with Crippen molar-refractivity contribution in [3.8, 4) is 11.5 Å². The zero-order chi connectivity index (χ0) is 19.5. The largest absolute Gasteiger partial charge is 0.490 e. The van der Waals surface area contributed by atoms with Gasteiger partial charge >= 0.3 is 6.09 Å². The Labute approximate surface area is 161 Å². The summed E-state index contributed by atoms with van der Waals surface area (Å²) in [6.45, 7) is 6.09. The number of unbranched alkanes of at least 4 members (excludes halogenated alkanes) is 1. The van der Waals surface area contributed by atoms with Crippen LogP contribution in [0.1, 0.15) is 39.5 Å². The van der Waals surface area contributed by atoms with Crippen LogP contribution >= 0.6 is 0 Å². The van der Waals surface area contributed by atoms with Gasteiger partial charge in [-0.25, -0.2) is 4.79 Å². The van der Waals surface area contributed by atoms with Gasteiger partial charge in [0.05, 0.1) is 13.2 Å². The van der Waals surface area contributed by atoms with Crippen molar-refractivity contribution in [3.05, 3.63) is 24.3 Å². The molecule has 1 aliphatic heterocycles. The standard InChI is InChI=1S/C20H30N2O5/c1-3-5-14-26-20(24)21-16-10-12-22(13-11-16)19(23)15-27-18-9-7-6-8-17(18)25-4-2/h6-9,16H,3-5,10-15H2,1-2H3,(H,21,24). The van der Waals surface area contributed by atoms with Crippen LogP contribution < -0.4 is 14.8 Å². The SMILES string of the molecule is CCCCOC(=O)NC1CCN(C(=O)COc2ccccc2OCC)CC1. The first kappa shape index (κ1) is 20.9. The highest BCUT2D eigenvalue weighted by Gasteiger charge is 2.24. The average Bonchev–Trinajstić information content (AvgIpc) is 2.68. The van der Waals surface area contributed by atoms with Gasteiger partial charge in [-0.3, -0.25) is 4.79 Å². The molecule has 0 aliphatic carbocycles. The summed E-state index contributed by atoms with van der Waals surface area (Å²) >= 11 is 0. The Morgan fingerprint density at radius 3 is 2.41 bits per heavy atom. The molecule has 0 spiro atoms. The van der Waals surface area contributed by atoms with E-state index in [1.54, 1.807) is 11.0 Å². The molecular weight excluding hydrogens is 348 g/mol. The third-order valence-electron chi connectivity index (χ3n) is 4.40. The Hall–Kier alpha value is -2.44. The van der Waals surface area contributed by atoms with E-state index in [1.807, 2.05) is 32.0 Å². The fourth-order valence-corrected chi connectivity index (χ4v) is 2.87. The number of benzene rings is 1. The fraction of sp³-hybridized carbons (Fsp3) is 0.600. The number of alkyl carbamates (subject to hydrolysis) is 1. The summed E-state index contributed by atoms with van der Waals surface area (Å²) < 4.78 is 16.3. The van der Waals surface area contributed by atoms with Crippen molar-refractivity contribution in [2.45, 2.75) is 45.6 Å². The number of rotatable bonds is 9. The van der Waals surface area contributed by atoms with Gasteiger partial charge in [0.15, 0.2) is 18.1 Å². The van der Waals surface area contributed by atoms with E-state index in [9.17, 15) is 9.59 Å². The van der Waals surface area contributed by atoms with Crippen molar-refractivity contribution in [1.29, 1.82) is 0 Å². The molecule has 1 saturated heterocycles. The number of hydrogen-bond acceptors (Lipinski definition) is 5. The molecule has 1 aromatic rings. The summed E-state index contributed by atoms with van der Waals surface area (Å²) in [6, 6.07) is 7.37. The molecule has 1 heterocycles. The monoisotopic (exact) mass is 378 g/mol. The molecular formula is C20H30N2O5. The first-order valence-corrected chi connectivity index (χ1v) is 9.69. The molecule has 7 nitrogen and oxygen atoms in total. The highest BCUT2D eigenvalue weighted by atomic mass is 16.5. The minimum atomic E-state index is -0.371. The summed E-state index contributed by atoms with van der Waals surface area (Å²) in [5.74, 6) is 1.14. The topological polar surface area (TPSA) is 77.1 Å². The fourth-order valence-electron chi connectivity index (χ4n) is 2.87. The zero-order valence-electron chi connectivity index (χ0n) is 16.2. The molecule has 0 unspecified atom stereocenters.